The van der Waals surface area contributed by atoms with Crippen LogP contribution in [-0.2, 0) is 19.2 Å². The number of hydrogen-bond acceptors (Lipinski definition) is 5. The maximum atomic E-state index is 12.9. The molecule has 0 aromatic heterocycles. The summed E-state index contributed by atoms with van der Waals surface area (Å²) in [6, 6.07) is 2.28. The van der Waals surface area contributed by atoms with Gasteiger partial charge in [-0.1, -0.05) is 12.8 Å². The van der Waals surface area contributed by atoms with Gasteiger partial charge >= 0.3 is 0 Å². The molecule has 1 saturated carbocycles. The van der Waals surface area contributed by atoms with Gasteiger partial charge < -0.3 is 9.64 Å². The van der Waals surface area contributed by atoms with Crippen LogP contribution < -0.4 is 0 Å². The zero-order valence-corrected chi connectivity index (χ0v) is 14.5. The summed E-state index contributed by atoms with van der Waals surface area (Å²) in [4.78, 5) is 33.0. The molecule has 7 nitrogen and oxygen atoms in total. The second kappa shape index (κ2) is 6.58. The van der Waals surface area contributed by atoms with Crippen molar-refractivity contribution >= 4 is 11.8 Å². The fourth-order valence-corrected chi connectivity index (χ4v) is 4.74. The van der Waals surface area contributed by atoms with Crippen LogP contribution in [0.25, 0.3) is 0 Å². The number of nitriles is 1. The third kappa shape index (κ3) is 2.81. The first-order valence-corrected chi connectivity index (χ1v) is 9.41. The second-order valence-corrected chi connectivity index (χ2v) is 7.73. The van der Waals surface area contributed by atoms with Crippen LogP contribution in [0.1, 0.15) is 38.5 Å². The zero-order chi connectivity index (χ0) is 17.4. The van der Waals surface area contributed by atoms with E-state index in [0.29, 0.717) is 45.7 Å². The van der Waals surface area contributed by atoms with E-state index in [-0.39, 0.29) is 29.8 Å². The van der Waals surface area contributed by atoms with Crippen LogP contribution in [0.2, 0.25) is 0 Å². The Kier molecular flexibility index (Phi) is 4.42. The Bertz CT molecular complexity index is 590. The summed E-state index contributed by atoms with van der Waals surface area (Å²) in [5.74, 6) is -0.315. The summed E-state index contributed by atoms with van der Waals surface area (Å²) in [7, 11) is 0. The summed E-state index contributed by atoms with van der Waals surface area (Å²) in [5.41, 5.74) is -0.853. The Morgan fingerprint density at radius 2 is 1.92 bits per heavy atom. The largest absolute Gasteiger partial charge is 0.375 e. The predicted molar refractivity (Wildman–Crippen MR) is 86.7 cm³/mol. The summed E-state index contributed by atoms with van der Waals surface area (Å²) in [5, 5.41) is 11.0. The molecule has 4 rings (SSSR count). The highest BCUT2D eigenvalue weighted by Crippen LogP contribution is 2.42. The van der Waals surface area contributed by atoms with Crippen molar-refractivity contribution in [1.29, 1.82) is 5.26 Å². The highest BCUT2D eigenvalue weighted by molar-refractivity contribution is 5.86. The molecule has 4 fully saturated rings. The lowest BCUT2D eigenvalue weighted by Crippen LogP contribution is -2.44. The summed E-state index contributed by atoms with van der Waals surface area (Å²) < 4.78 is 5.83. The summed E-state index contributed by atoms with van der Waals surface area (Å²) in [6.45, 7) is 2.63. The monoisotopic (exact) mass is 347 g/mol. The van der Waals surface area contributed by atoms with Gasteiger partial charge in [-0.25, -0.2) is 5.06 Å². The number of ether oxygens (including phenoxy) is 1. The molecule has 3 atom stereocenters. The average Bonchev–Trinajstić information content (AvgIpc) is 3.37. The van der Waals surface area contributed by atoms with Crippen molar-refractivity contribution in [2.45, 2.75) is 44.6 Å². The van der Waals surface area contributed by atoms with Crippen molar-refractivity contribution in [2.24, 2.45) is 17.3 Å². The lowest BCUT2D eigenvalue weighted by atomic mass is 9.86. The first-order chi connectivity index (χ1) is 12.1. The highest BCUT2D eigenvalue weighted by Gasteiger charge is 2.53. The molecule has 3 heterocycles. The van der Waals surface area contributed by atoms with Gasteiger partial charge in [0.2, 0.25) is 5.91 Å². The maximum Gasteiger partial charge on any atom is 0.252 e. The average molecular weight is 347 g/mol. The molecule has 0 aromatic carbocycles. The Balaban J connectivity index is 1.43. The van der Waals surface area contributed by atoms with Crippen molar-refractivity contribution in [2.75, 3.05) is 32.8 Å². The number of carbonyl (C=O) groups is 2. The van der Waals surface area contributed by atoms with Crippen LogP contribution >= 0.6 is 0 Å². The minimum atomic E-state index is -0.853. The lowest BCUT2D eigenvalue weighted by Gasteiger charge is -2.30. The van der Waals surface area contributed by atoms with E-state index >= 15 is 0 Å². The first-order valence-electron chi connectivity index (χ1n) is 9.41. The fraction of sp³-hybridized carbons (Fsp3) is 0.833. The maximum absolute atomic E-state index is 12.9. The van der Waals surface area contributed by atoms with Crippen LogP contribution in [0.3, 0.4) is 0 Å². The quantitative estimate of drug-likeness (QED) is 0.747. The van der Waals surface area contributed by atoms with Crippen LogP contribution in [-0.4, -0.2) is 60.7 Å². The van der Waals surface area contributed by atoms with E-state index in [1.807, 2.05) is 0 Å². The Hall–Kier alpha value is -1.65. The van der Waals surface area contributed by atoms with Gasteiger partial charge in [0.15, 0.2) is 0 Å². The molecule has 0 unspecified atom stereocenters. The minimum absolute atomic E-state index is 0.0131. The number of likely N-dealkylation sites (tertiary alicyclic amines) is 1. The molecule has 0 bridgehead atoms. The number of hydrogen-bond donors (Lipinski definition) is 0. The molecule has 136 valence electrons. The SMILES string of the molecule is N#CC1(C(=O)N2C[C@@H]3[C@H](C2)OC[C@@H]3C(=O)N2CCCCO2)CCCC1. The van der Waals surface area contributed by atoms with Gasteiger partial charge in [0.05, 0.1) is 31.3 Å². The zero-order valence-electron chi connectivity index (χ0n) is 14.5. The number of amides is 2. The Morgan fingerprint density at radius 3 is 2.60 bits per heavy atom. The summed E-state index contributed by atoms with van der Waals surface area (Å²) in [6.07, 6.45) is 5.02. The van der Waals surface area contributed by atoms with E-state index in [2.05, 4.69) is 6.07 Å². The highest BCUT2D eigenvalue weighted by atomic mass is 16.7. The van der Waals surface area contributed by atoms with Gasteiger partial charge in [-0.15, -0.1) is 0 Å². The molecule has 7 heteroatoms. The number of carbonyl (C=O) groups excluding carboxylic acids is 2. The standard InChI is InChI=1S/C18H25N3O4/c19-12-18(5-1-2-6-18)17(23)20-9-13-14(11-24-15(13)10-20)16(22)21-7-3-4-8-25-21/h13-15H,1-11H2/t13-,14-,15-/m0/s1. The fourth-order valence-electron chi connectivity index (χ4n) is 4.74. The third-order valence-electron chi connectivity index (χ3n) is 6.25. The van der Waals surface area contributed by atoms with Crippen LogP contribution in [0.15, 0.2) is 0 Å². The van der Waals surface area contributed by atoms with Gasteiger partial charge in [0, 0.05) is 25.6 Å². The van der Waals surface area contributed by atoms with Crippen molar-refractivity contribution < 1.29 is 19.2 Å². The van der Waals surface area contributed by atoms with Crippen LogP contribution in [0.5, 0.6) is 0 Å². The lowest BCUT2D eigenvalue weighted by molar-refractivity contribution is -0.202. The van der Waals surface area contributed by atoms with Crippen LogP contribution in [0.4, 0.5) is 0 Å². The van der Waals surface area contributed by atoms with Gasteiger partial charge in [-0.2, -0.15) is 5.26 Å². The first kappa shape index (κ1) is 16.8. The number of nitrogens with zero attached hydrogens (tertiary/aromatic N) is 3. The van der Waals surface area contributed by atoms with Crippen molar-refractivity contribution in [3.05, 3.63) is 0 Å². The van der Waals surface area contributed by atoms with E-state index in [9.17, 15) is 14.9 Å². The second-order valence-electron chi connectivity index (χ2n) is 7.73. The van der Waals surface area contributed by atoms with E-state index in [1.165, 1.54) is 5.06 Å². The molecular formula is C18H25N3O4. The smallest absolute Gasteiger partial charge is 0.252 e. The molecule has 25 heavy (non-hydrogen) atoms. The van der Waals surface area contributed by atoms with E-state index in [0.717, 1.165) is 25.7 Å². The topological polar surface area (TPSA) is 82.9 Å². The molecule has 3 aliphatic heterocycles. The molecule has 0 radical (unpaired) electrons. The third-order valence-corrected chi connectivity index (χ3v) is 6.25. The molecular weight excluding hydrogens is 322 g/mol. The molecule has 1 aliphatic carbocycles. The van der Waals surface area contributed by atoms with Crippen molar-refractivity contribution in [3.63, 3.8) is 0 Å². The van der Waals surface area contributed by atoms with Crippen molar-refractivity contribution in [1.82, 2.24) is 9.96 Å². The van der Waals surface area contributed by atoms with E-state index in [1.54, 1.807) is 4.90 Å². The Morgan fingerprint density at radius 1 is 1.12 bits per heavy atom. The number of hydroxylamine groups is 2. The molecule has 3 saturated heterocycles. The molecule has 0 N–H and O–H groups in total. The van der Waals surface area contributed by atoms with Gasteiger partial charge in [0.1, 0.15) is 5.41 Å². The molecule has 0 aromatic rings. The van der Waals surface area contributed by atoms with Crippen LogP contribution in [0, 0.1) is 28.6 Å². The Labute approximate surface area is 147 Å². The molecule has 4 aliphatic rings. The van der Waals surface area contributed by atoms with E-state index in [4.69, 9.17) is 9.57 Å². The van der Waals surface area contributed by atoms with E-state index < -0.39 is 5.41 Å². The van der Waals surface area contributed by atoms with Gasteiger partial charge in [-0.05, 0) is 25.7 Å². The molecule has 2 amide bonds. The summed E-state index contributed by atoms with van der Waals surface area (Å²) >= 11 is 0. The number of rotatable bonds is 2. The normalized spacial score (nSPS) is 34.0. The minimum Gasteiger partial charge on any atom is -0.375 e. The van der Waals surface area contributed by atoms with Gasteiger partial charge in [-0.3, -0.25) is 14.4 Å². The van der Waals surface area contributed by atoms with Crippen molar-refractivity contribution in [3.8, 4) is 6.07 Å². The molecule has 0 spiro atoms. The predicted octanol–water partition coefficient (Wildman–Crippen LogP) is 1.10. The number of fused-ring (bicyclic) bond motifs is 1. The van der Waals surface area contributed by atoms with Gasteiger partial charge in [0.25, 0.3) is 5.91 Å².